The van der Waals surface area contributed by atoms with Crippen molar-refractivity contribution >= 4 is 43.7 Å². The van der Waals surface area contributed by atoms with Gasteiger partial charge in [0.1, 0.15) is 11.9 Å². The Hall–Kier alpha value is -1.73. The van der Waals surface area contributed by atoms with Gasteiger partial charge in [0, 0.05) is 20.9 Å². The Morgan fingerprint density at radius 1 is 1.13 bits per heavy atom. The van der Waals surface area contributed by atoms with Crippen LogP contribution in [0.2, 0.25) is 0 Å². The molecule has 0 radical (unpaired) electrons. The molecular weight excluding hydrogens is 431 g/mol. The van der Waals surface area contributed by atoms with E-state index in [2.05, 4.69) is 37.2 Å². The topological polar surface area (TPSA) is 72.2 Å². The van der Waals surface area contributed by atoms with E-state index in [0.717, 1.165) is 8.95 Å². The Kier molecular flexibility index (Phi) is 5.90. The van der Waals surface area contributed by atoms with E-state index >= 15 is 0 Å². The molecular formula is C16H13Br2FN2O2. The van der Waals surface area contributed by atoms with E-state index in [1.807, 2.05) is 0 Å². The fourth-order valence-electron chi connectivity index (χ4n) is 2.05. The van der Waals surface area contributed by atoms with Gasteiger partial charge in [0.05, 0.1) is 0 Å². The van der Waals surface area contributed by atoms with Crippen LogP contribution in [-0.4, -0.2) is 17.9 Å². The highest BCUT2D eigenvalue weighted by Crippen LogP contribution is 2.20. The van der Waals surface area contributed by atoms with Crippen LogP contribution in [0.1, 0.15) is 15.9 Å². The van der Waals surface area contributed by atoms with E-state index in [4.69, 9.17) is 5.73 Å². The lowest BCUT2D eigenvalue weighted by Crippen LogP contribution is -2.45. The molecule has 0 saturated carbocycles. The van der Waals surface area contributed by atoms with Gasteiger partial charge in [-0.1, -0.05) is 44.0 Å². The molecule has 3 N–H and O–H groups in total. The van der Waals surface area contributed by atoms with Crippen LogP contribution in [0.5, 0.6) is 0 Å². The summed E-state index contributed by atoms with van der Waals surface area (Å²) in [6.45, 7) is 0. The molecule has 0 unspecified atom stereocenters. The van der Waals surface area contributed by atoms with Crippen molar-refractivity contribution in [1.82, 2.24) is 5.32 Å². The molecule has 2 aromatic rings. The predicted molar refractivity (Wildman–Crippen MR) is 92.4 cm³/mol. The highest BCUT2D eigenvalue weighted by atomic mass is 79.9. The summed E-state index contributed by atoms with van der Waals surface area (Å²) in [5.41, 5.74) is 6.29. The zero-order valence-corrected chi connectivity index (χ0v) is 15.0. The molecule has 4 nitrogen and oxygen atoms in total. The van der Waals surface area contributed by atoms with Crippen LogP contribution in [-0.2, 0) is 11.2 Å². The minimum absolute atomic E-state index is 0.119. The molecule has 0 aliphatic rings. The Bertz CT molecular complexity index is 732. The number of hydrogen-bond acceptors (Lipinski definition) is 2. The second-order valence-corrected chi connectivity index (χ2v) is 6.75. The summed E-state index contributed by atoms with van der Waals surface area (Å²) in [6.07, 6.45) is 0.119. The maximum Gasteiger partial charge on any atom is 0.252 e. The summed E-state index contributed by atoms with van der Waals surface area (Å²) in [6, 6.07) is 9.92. The molecule has 2 amide bonds. The SMILES string of the molecule is NC(=O)[C@H](Cc1cccc(F)c1)NC(=O)c1cc(Br)cc(Br)c1. The molecule has 0 aliphatic heterocycles. The third-order valence-corrected chi connectivity index (χ3v) is 4.02. The number of nitrogens with one attached hydrogen (secondary N) is 1. The minimum atomic E-state index is -0.929. The third-order valence-electron chi connectivity index (χ3n) is 3.10. The average molecular weight is 444 g/mol. The van der Waals surface area contributed by atoms with Crippen molar-refractivity contribution in [2.24, 2.45) is 5.73 Å². The fourth-order valence-corrected chi connectivity index (χ4v) is 3.34. The number of carbonyl (C=O) groups excluding carboxylic acids is 2. The summed E-state index contributed by atoms with van der Waals surface area (Å²) in [7, 11) is 0. The summed E-state index contributed by atoms with van der Waals surface area (Å²) in [5, 5.41) is 2.58. The first-order chi connectivity index (χ1) is 10.8. The molecule has 0 heterocycles. The van der Waals surface area contributed by atoms with Crippen LogP contribution in [0.15, 0.2) is 51.4 Å². The van der Waals surface area contributed by atoms with Crippen molar-refractivity contribution in [2.75, 3.05) is 0 Å². The quantitative estimate of drug-likeness (QED) is 0.744. The zero-order chi connectivity index (χ0) is 17.0. The van der Waals surface area contributed by atoms with Gasteiger partial charge in [-0.05, 0) is 35.9 Å². The van der Waals surface area contributed by atoms with E-state index in [1.54, 1.807) is 24.3 Å². The molecule has 1 atom stereocenters. The van der Waals surface area contributed by atoms with Gasteiger partial charge in [0.25, 0.3) is 5.91 Å². The Labute approximate surface area is 149 Å². The Morgan fingerprint density at radius 3 is 2.35 bits per heavy atom. The number of primary amides is 1. The van der Waals surface area contributed by atoms with E-state index < -0.39 is 23.7 Å². The number of hydrogen-bond donors (Lipinski definition) is 2. The summed E-state index contributed by atoms with van der Waals surface area (Å²) < 4.78 is 14.7. The van der Waals surface area contributed by atoms with Crippen molar-refractivity contribution in [3.05, 3.63) is 68.4 Å². The fraction of sp³-hybridized carbons (Fsp3) is 0.125. The summed E-state index contributed by atoms with van der Waals surface area (Å²) >= 11 is 6.59. The molecule has 0 aliphatic carbocycles. The monoisotopic (exact) mass is 442 g/mol. The van der Waals surface area contributed by atoms with E-state index in [0.29, 0.717) is 11.1 Å². The Balaban J connectivity index is 2.15. The summed E-state index contributed by atoms with van der Waals surface area (Å²) in [4.78, 5) is 23.9. The van der Waals surface area contributed by atoms with Crippen molar-refractivity contribution < 1.29 is 14.0 Å². The maximum atomic E-state index is 13.2. The molecule has 0 spiro atoms. The van der Waals surface area contributed by atoms with Gasteiger partial charge in [-0.15, -0.1) is 0 Å². The molecule has 2 rings (SSSR count). The van der Waals surface area contributed by atoms with Crippen LogP contribution in [0.4, 0.5) is 4.39 Å². The van der Waals surface area contributed by atoms with Crippen LogP contribution < -0.4 is 11.1 Å². The van der Waals surface area contributed by atoms with Gasteiger partial charge >= 0.3 is 0 Å². The second kappa shape index (κ2) is 7.70. The van der Waals surface area contributed by atoms with Crippen LogP contribution in [0, 0.1) is 5.82 Å². The van der Waals surface area contributed by atoms with Gasteiger partial charge in [0.15, 0.2) is 0 Å². The van der Waals surface area contributed by atoms with E-state index in [-0.39, 0.29) is 6.42 Å². The second-order valence-electron chi connectivity index (χ2n) is 4.92. The number of benzene rings is 2. The highest BCUT2D eigenvalue weighted by Gasteiger charge is 2.20. The lowest BCUT2D eigenvalue weighted by Gasteiger charge is -2.16. The van der Waals surface area contributed by atoms with Crippen molar-refractivity contribution in [2.45, 2.75) is 12.5 Å². The standard InChI is InChI=1S/C16H13Br2FN2O2/c17-11-6-10(7-12(18)8-11)16(23)21-14(15(20)22)5-9-2-1-3-13(19)4-9/h1-4,6-8,14H,5H2,(H2,20,22)(H,21,23)/t14-/m0/s1. The molecule has 120 valence electrons. The van der Waals surface area contributed by atoms with Crippen molar-refractivity contribution in [3.8, 4) is 0 Å². The highest BCUT2D eigenvalue weighted by molar-refractivity contribution is 9.11. The number of halogens is 3. The molecule has 0 fully saturated rings. The van der Waals surface area contributed by atoms with E-state index in [1.165, 1.54) is 18.2 Å². The van der Waals surface area contributed by atoms with Gasteiger partial charge in [-0.2, -0.15) is 0 Å². The molecule has 0 saturated heterocycles. The first kappa shape index (κ1) is 17.6. The maximum absolute atomic E-state index is 13.2. The number of amides is 2. The molecule has 0 bridgehead atoms. The lowest BCUT2D eigenvalue weighted by molar-refractivity contribution is -0.119. The molecule has 7 heteroatoms. The normalized spacial score (nSPS) is 11.8. The van der Waals surface area contributed by atoms with Crippen LogP contribution in [0.3, 0.4) is 0 Å². The summed E-state index contributed by atoms with van der Waals surface area (Å²) in [5.74, 6) is -1.53. The third kappa shape index (κ3) is 5.14. The van der Waals surface area contributed by atoms with E-state index in [9.17, 15) is 14.0 Å². The van der Waals surface area contributed by atoms with Crippen molar-refractivity contribution in [3.63, 3.8) is 0 Å². The molecule has 2 aromatic carbocycles. The Morgan fingerprint density at radius 2 is 1.78 bits per heavy atom. The first-order valence-corrected chi connectivity index (χ1v) is 8.24. The van der Waals surface area contributed by atoms with Gasteiger partial charge in [-0.25, -0.2) is 4.39 Å². The largest absolute Gasteiger partial charge is 0.368 e. The number of nitrogens with two attached hydrogens (primary N) is 1. The zero-order valence-electron chi connectivity index (χ0n) is 11.9. The number of rotatable bonds is 5. The van der Waals surface area contributed by atoms with Crippen molar-refractivity contribution in [1.29, 1.82) is 0 Å². The van der Waals surface area contributed by atoms with Crippen LogP contribution in [0.25, 0.3) is 0 Å². The molecule has 23 heavy (non-hydrogen) atoms. The smallest absolute Gasteiger partial charge is 0.252 e. The first-order valence-electron chi connectivity index (χ1n) is 6.66. The lowest BCUT2D eigenvalue weighted by atomic mass is 10.0. The number of carbonyl (C=O) groups is 2. The average Bonchev–Trinajstić information content (AvgIpc) is 2.45. The predicted octanol–water partition coefficient (Wildman–Crippen LogP) is 3.18. The minimum Gasteiger partial charge on any atom is -0.368 e. The van der Waals surface area contributed by atoms with Gasteiger partial charge in [0.2, 0.25) is 5.91 Å². The van der Waals surface area contributed by atoms with Gasteiger partial charge < -0.3 is 11.1 Å². The van der Waals surface area contributed by atoms with Crippen LogP contribution >= 0.6 is 31.9 Å². The van der Waals surface area contributed by atoms with Gasteiger partial charge in [-0.3, -0.25) is 9.59 Å². The molecule has 0 aromatic heterocycles.